The first-order valence-corrected chi connectivity index (χ1v) is 6.75. The number of nitriles is 1. The number of nitrogens with zero attached hydrogens (tertiary/aromatic N) is 2. The molecule has 3 heteroatoms. The molecule has 0 bridgehead atoms. The maximum Gasteiger partial charge on any atom is 0.101 e. The second-order valence-corrected chi connectivity index (χ2v) is 4.89. The van der Waals surface area contributed by atoms with E-state index in [1.807, 2.05) is 25.2 Å². The van der Waals surface area contributed by atoms with Crippen LogP contribution in [0.4, 0.5) is 11.4 Å². The molecule has 0 heterocycles. The molecule has 3 nitrogen and oxygen atoms in total. The van der Waals surface area contributed by atoms with Gasteiger partial charge in [0.1, 0.15) is 6.07 Å². The summed E-state index contributed by atoms with van der Waals surface area (Å²) in [5.41, 5.74) is 9.20. The Kier molecular flexibility index (Phi) is 4.62. The minimum absolute atomic E-state index is 0.536. The molecular weight excluding hydrogens is 246 g/mol. The average molecular weight is 265 g/mol. The van der Waals surface area contributed by atoms with Crippen molar-refractivity contribution < 1.29 is 0 Å². The molecule has 2 aromatic rings. The second-order valence-electron chi connectivity index (χ2n) is 4.89. The second kappa shape index (κ2) is 6.63. The number of nitrogen functional groups attached to an aromatic ring is 1. The number of hydrogen-bond donors (Lipinski definition) is 1. The number of aryl methyl sites for hydroxylation is 1. The molecule has 0 saturated carbocycles. The van der Waals surface area contributed by atoms with E-state index >= 15 is 0 Å². The van der Waals surface area contributed by atoms with Crippen molar-refractivity contribution in [3.63, 3.8) is 0 Å². The largest absolute Gasteiger partial charge is 0.398 e. The van der Waals surface area contributed by atoms with Gasteiger partial charge in [-0.15, -0.1) is 0 Å². The summed E-state index contributed by atoms with van der Waals surface area (Å²) in [5, 5.41) is 9.00. The lowest BCUT2D eigenvalue weighted by molar-refractivity contribution is 0.786. The molecule has 0 aliphatic rings. The molecular formula is C17H19N3. The standard InChI is InChI=1S/C17H19N3/c1-20(11-5-8-14-6-3-2-4-7-14)16-9-10-17(19)15(12-16)13-18/h2-4,6-7,9-10,12H,5,8,11,19H2,1H3. The lowest BCUT2D eigenvalue weighted by Crippen LogP contribution is -2.19. The van der Waals surface area contributed by atoms with Crippen molar-refractivity contribution in [2.24, 2.45) is 0 Å². The molecule has 0 spiro atoms. The van der Waals surface area contributed by atoms with Crippen LogP contribution in [-0.4, -0.2) is 13.6 Å². The van der Waals surface area contributed by atoms with Gasteiger partial charge in [-0.25, -0.2) is 0 Å². The van der Waals surface area contributed by atoms with Crippen molar-refractivity contribution in [1.29, 1.82) is 5.26 Å². The van der Waals surface area contributed by atoms with Gasteiger partial charge < -0.3 is 10.6 Å². The molecule has 0 aliphatic heterocycles. The molecule has 0 atom stereocenters. The maximum atomic E-state index is 9.00. The first-order chi connectivity index (χ1) is 9.70. The highest BCUT2D eigenvalue weighted by atomic mass is 15.1. The summed E-state index contributed by atoms with van der Waals surface area (Å²) in [7, 11) is 2.04. The molecule has 0 unspecified atom stereocenters. The number of hydrogen-bond acceptors (Lipinski definition) is 3. The third-order valence-corrected chi connectivity index (χ3v) is 3.40. The Hall–Kier alpha value is -2.47. The van der Waals surface area contributed by atoms with Gasteiger partial charge in [-0.1, -0.05) is 30.3 Å². The Bertz CT molecular complexity index is 599. The fraction of sp³-hybridized carbons (Fsp3) is 0.235. The highest BCUT2D eigenvalue weighted by Gasteiger charge is 2.04. The van der Waals surface area contributed by atoms with Gasteiger partial charge in [0.05, 0.1) is 5.56 Å². The lowest BCUT2D eigenvalue weighted by Gasteiger charge is -2.19. The summed E-state index contributed by atoms with van der Waals surface area (Å²) >= 11 is 0. The smallest absolute Gasteiger partial charge is 0.101 e. The Morgan fingerprint density at radius 1 is 1.15 bits per heavy atom. The maximum absolute atomic E-state index is 9.00. The van der Waals surface area contributed by atoms with Crippen molar-refractivity contribution in [2.45, 2.75) is 12.8 Å². The minimum atomic E-state index is 0.536. The molecule has 2 N–H and O–H groups in total. The SMILES string of the molecule is CN(CCCc1ccccc1)c1ccc(N)c(C#N)c1. The minimum Gasteiger partial charge on any atom is -0.398 e. The zero-order valence-corrected chi connectivity index (χ0v) is 11.7. The Balaban J connectivity index is 1.92. The van der Waals surface area contributed by atoms with Crippen LogP contribution >= 0.6 is 0 Å². The zero-order chi connectivity index (χ0) is 14.4. The van der Waals surface area contributed by atoms with Crippen LogP contribution in [-0.2, 0) is 6.42 Å². The zero-order valence-electron chi connectivity index (χ0n) is 11.7. The normalized spacial score (nSPS) is 10.0. The molecule has 2 rings (SSSR count). The average Bonchev–Trinajstić information content (AvgIpc) is 2.48. The molecule has 0 radical (unpaired) electrons. The van der Waals surface area contributed by atoms with E-state index in [2.05, 4.69) is 35.2 Å². The van der Waals surface area contributed by atoms with Crippen LogP contribution in [0.1, 0.15) is 17.5 Å². The highest BCUT2D eigenvalue weighted by molar-refractivity contribution is 5.62. The van der Waals surface area contributed by atoms with Crippen LogP contribution in [0.25, 0.3) is 0 Å². The fourth-order valence-corrected chi connectivity index (χ4v) is 2.17. The van der Waals surface area contributed by atoms with Gasteiger partial charge in [0.15, 0.2) is 0 Å². The summed E-state index contributed by atoms with van der Waals surface area (Å²) in [6.45, 7) is 0.948. The number of anilines is 2. The summed E-state index contributed by atoms with van der Waals surface area (Å²) in [6, 6.07) is 18.2. The molecule has 20 heavy (non-hydrogen) atoms. The molecule has 0 fully saturated rings. The Morgan fingerprint density at radius 3 is 2.60 bits per heavy atom. The van der Waals surface area contributed by atoms with E-state index in [1.54, 1.807) is 6.07 Å². The third-order valence-electron chi connectivity index (χ3n) is 3.40. The van der Waals surface area contributed by atoms with Gasteiger partial charge in [-0.2, -0.15) is 5.26 Å². The van der Waals surface area contributed by atoms with Gasteiger partial charge in [0.25, 0.3) is 0 Å². The van der Waals surface area contributed by atoms with E-state index in [4.69, 9.17) is 11.0 Å². The van der Waals surface area contributed by atoms with Crippen LogP contribution in [0.15, 0.2) is 48.5 Å². The predicted octanol–water partition coefficient (Wildman–Crippen LogP) is 3.21. The van der Waals surface area contributed by atoms with E-state index in [0.717, 1.165) is 25.1 Å². The van der Waals surface area contributed by atoms with Gasteiger partial charge >= 0.3 is 0 Å². The lowest BCUT2D eigenvalue weighted by atomic mass is 10.1. The van der Waals surface area contributed by atoms with Crippen molar-refractivity contribution in [2.75, 3.05) is 24.2 Å². The van der Waals surface area contributed by atoms with Gasteiger partial charge in [-0.3, -0.25) is 0 Å². The fourth-order valence-electron chi connectivity index (χ4n) is 2.17. The van der Waals surface area contributed by atoms with Crippen LogP contribution in [0.5, 0.6) is 0 Å². The predicted molar refractivity (Wildman–Crippen MR) is 83.6 cm³/mol. The van der Waals surface area contributed by atoms with Crippen molar-refractivity contribution in [1.82, 2.24) is 0 Å². The molecule has 2 aromatic carbocycles. The van der Waals surface area contributed by atoms with Crippen LogP contribution < -0.4 is 10.6 Å². The number of nitrogens with two attached hydrogens (primary N) is 1. The van der Waals surface area contributed by atoms with E-state index in [9.17, 15) is 0 Å². The quantitative estimate of drug-likeness (QED) is 0.845. The molecule has 102 valence electrons. The molecule has 0 amide bonds. The van der Waals surface area contributed by atoms with Crippen molar-refractivity contribution >= 4 is 11.4 Å². The summed E-state index contributed by atoms with van der Waals surface area (Å²) < 4.78 is 0. The first kappa shape index (κ1) is 14.0. The Morgan fingerprint density at radius 2 is 1.90 bits per heavy atom. The topological polar surface area (TPSA) is 53.0 Å². The number of benzene rings is 2. The summed E-state index contributed by atoms with van der Waals surface area (Å²) in [4.78, 5) is 2.16. The molecule has 0 aromatic heterocycles. The molecule has 0 saturated heterocycles. The van der Waals surface area contributed by atoms with Gasteiger partial charge in [0.2, 0.25) is 0 Å². The van der Waals surface area contributed by atoms with E-state index in [0.29, 0.717) is 11.3 Å². The summed E-state index contributed by atoms with van der Waals surface area (Å²) in [5.74, 6) is 0. The monoisotopic (exact) mass is 265 g/mol. The highest BCUT2D eigenvalue weighted by Crippen LogP contribution is 2.20. The molecule has 0 aliphatic carbocycles. The summed E-state index contributed by atoms with van der Waals surface area (Å²) in [6.07, 6.45) is 2.14. The van der Waals surface area contributed by atoms with Crippen LogP contribution in [0, 0.1) is 11.3 Å². The van der Waals surface area contributed by atoms with Crippen LogP contribution in [0.2, 0.25) is 0 Å². The van der Waals surface area contributed by atoms with E-state index in [1.165, 1.54) is 5.56 Å². The van der Waals surface area contributed by atoms with Crippen LogP contribution in [0.3, 0.4) is 0 Å². The Labute approximate surface area is 120 Å². The van der Waals surface area contributed by atoms with E-state index < -0.39 is 0 Å². The van der Waals surface area contributed by atoms with Crippen molar-refractivity contribution in [3.8, 4) is 6.07 Å². The van der Waals surface area contributed by atoms with Gasteiger partial charge in [-0.05, 0) is 36.6 Å². The number of rotatable bonds is 5. The first-order valence-electron chi connectivity index (χ1n) is 6.75. The third kappa shape index (κ3) is 3.52. The van der Waals surface area contributed by atoms with Crippen molar-refractivity contribution in [3.05, 3.63) is 59.7 Å². The van der Waals surface area contributed by atoms with E-state index in [-0.39, 0.29) is 0 Å². The van der Waals surface area contributed by atoms with Gasteiger partial charge in [0, 0.05) is 25.0 Å².